The third kappa shape index (κ3) is 3.05. The van der Waals surface area contributed by atoms with Gasteiger partial charge in [0.05, 0.1) is 13.1 Å². The molecule has 4 nitrogen and oxygen atoms in total. The van der Waals surface area contributed by atoms with Crippen molar-refractivity contribution in [2.75, 3.05) is 19.6 Å². The minimum atomic E-state index is 0.139. The fraction of sp³-hybridized carbons (Fsp3) is 0.333. The highest BCUT2D eigenvalue weighted by atomic mass is 32.1. The van der Waals surface area contributed by atoms with Gasteiger partial charge in [-0.2, -0.15) is 0 Å². The van der Waals surface area contributed by atoms with Crippen LogP contribution in [0, 0.1) is 6.92 Å². The molecule has 0 radical (unpaired) electrons. The molecule has 0 saturated carbocycles. The molecule has 1 fully saturated rings. The molecule has 0 aliphatic carbocycles. The summed E-state index contributed by atoms with van der Waals surface area (Å²) in [4.78, 5) is 17.4. The maximum absolute atomic E-state index is 11.4. The molecular formula is C15H18N3OS+. The van der Waals surface area contributed by atoms with E-state index < -0.39 is 0 Å². The van der Waals surface area contributed by atoms with Crippen molar-refractivity contribution in [1.82, 2.24) is 10.3 Å². The number of benzene rings is 1. The molecule has 1 saturated heterocycles. The Hall–Kier alpha value is -1.72. The van der Waals surface area contributed by atoms with Gasteiger partial charge in [-0.15, -0.1) is 11.3 Å². The van der Waals surface area contributed by atoms with Gasteiger partial charge in [0.1, 0.15) is 17.2 Å². The lowest BCUT2D eigenvalue weighted by atomic mass is 10.2. The fourth-order valence-electron chi connectivity index (χ4n) is 2.38. The highest BCUT2D eigenvalue weighted by molar-refractivity contribution is 7.13. The van der Waals surface area contributed by atoms with Crippen LogP contribution in [0.2, 0.25) is 0 Å². The van der Waals surface area contributed by atoms with Crippen LogP contribution in [0.25, 0.3) is 10.6 Å². The van der Waals surface area contributed by atoms with Crippen LogP contribution in [0.5, 0.6) is 0 Å². The van der Waals surface area contributed by atoms with Crippen LogP contribution in [0.15, 0.2) is 29.6 Å². The highest BCUT2D eigenvalue weighted by Gasteiger charge is 2.20. The number of amides is 1. The van der Waals surface area contributed by atoms with E-state index in [1.54, 1.807) is 11.3 Å². The average Bonchev–Trinajstić information content (AvgIpc) is 2.88. The molecule has 1 aliphatic rings. The molecule has 0 bridgehead atoms. The predicted molar refractivity (Wildman–Crippen MR) is 79.7 cm³/mol. The van der Waals surface area contributed by atoms with Gasteiger partial charge in [0, 0.05) is 10.9 Å². The number of carbonyl (C=O) groups is 1. The lowest BCUT2D eigenvalue weighted by Crippen LogP contribution is -3.14. The molecule has 1 unspecified atom stereocenters. The van der Waals surface area contributed by atoms with Crippen LogP contribution in [0.4, 0.5) is 0 Å². The van der Waals surface area contributed by atoms with Gasteiger partial charge < -0.3 is 10.2 Å². The molecule has 1 aromatic heterocycles. The molecule has 104 valence electrons. The summed E-state index contributed by atoms with van der Waals surface area (Å²) in [7, 11) is 0. The van der Waals surface area contributed by atoms with E-state index in [2.05, 4.69) is 41.9 Å². The maximum Gasteiger partial charge on any atom is 0.275 e. The van der Waals surface area contributed by atoms with Gasteiger partial charge in [0.15, 0.2) is 6.54 Å². The van der Waals surface area contributed by atoms with Crippen molar-refractivity contribution in [2.24, 2.45) is 0 Å². The molecule has 3 rings (SSSR count). The van der Waals surface area contributed by atoms with E-state index in [-0.39, 0.29) is 5.91 Å². The van der Waals surface area contributed by atoms with Crippen LogP contribution in [0.1, 0.15) is 11.3 Å². The Morgan fingerprint density at radius 1 is 1.35 bits per heavy atom. The number of quaternary nitrogens is 1. The molecule has 2 heterocycles. The van der Waals surface area contributed by atoms with E-state index in [1.807, 2.05) is 0 Å². The van der Waals surface area contributed by atoms with Crippen LogP contribution >= 0.6 is 11.3 Å². The smallest absolute Gasteiger partial charge is 0.275 e. The number of aryl methyl sites for hydroxylation is 1. The van der Waals surface area contributed by atoms with Gasteiger partial charge in [-0.25, -0.2) is 4.98 Å². The average molecular weight is 288 g/mol. The lowest BCUT2D eigenvalue weighted by molar-refractivity contribution is -0.907. The highest BCUT2D eigenvalue weighted by Crippen LogP contribution is 2.23. The summed E-state index contributed by atoms with van der Waals surface area (Å²) in [6.07, 6.45) is 0. The number of hydrogen-bond donors (Lipinski definition) is 2. The predicted octanol–water partition coefficient (Wildman–Crippen LogP) is 0.633. The number of aromatic nitrogens is 1. The van der Waals surface area contributed by atoms with Crippen molar-refractivity contribution in [1.29, 1.82) is 0 Å². The minimum absolute atomic E-state index is 0.139. The quantitative estimate of drug-likeness (QED) is 0.870. The fourth-order valence-corrected chi connectivity index (χ4v) is 3.21. The van der Waals surface area contributed by atoms with Gasteiger partial charge >= 0.3 is 0 Å². The summed E-state index contributed by atoms with van der Waals surface area (Å²) >= 11 is 1.67. The summed E-state index contributed by atoms with van der Waals surface area (Å²) in [6, 6.07) is 8.44. The number of hydrogen-bond acceptors (Lipinski definition) is 3. The number of rotatable bonds is 3. The van der Waals surface area contributed by atoms with Crippen molar-refractivity contribution in [3.8, 4) is 10.6 Å². The Kier molecular flexibility index (Phi) is 3.80. The monoisotopic (exact) mass is 288 g/mol. The summed E-state index contributed by atoms with van der Waals surface area (Å²) < 4.78 is 0. The SMILES string of the molecule is Cc1ccc(-c2nc(C[NH+]3CCNC(=O)C3)cs2)cc1. The molecule has 1 atom stereocenters. The topological polar surface area (TPSA) is 46.4 Å². The van der Waals surface area contributed by atoms with Crippen molar-refractivity contribution in [3.05, 3.63) is 40.9 Å². The second-order valence-electron chi connectivity index (χ2n) is 5.21. The van der Waals surface area contributed by atoms with Crippen LogP contribution in [0.3, 0.4) is 0 Å². The van der Waals surface area contributed by atoms with E-state index in [1.165, 1.54) is 16.0 Å². The normalized spacial score (nSPS) is 18.9. The van der Waals surface area contributed by atoms with Gasteiger partial charge in [-0.05, 0) is 6.92 Å². The second-order valence-corrected chi connectivity index (χ2v) is 6.07. The van der Waals surface area contributed by atoms with Crippen molar-refractivity contribution in [3.63, 3.8) is 0 Å². The molecule has 0 spiro atoms. The molecule has 1 amide bonds. The van der Waals surface area contributed by atoms with Crippen molar-refractivity contribution < 1.29 is 9.69 Å². The Bertz CT molecular complexity index is 606. The van der Waals surface area contributed by atoms with E-state index >= 15 is 0 Å². The number of nitrogens with zero attached hydrogens (tertiary/aromatic N) is 1. The van der Waals surface area contributed by atoms with Crippen LogP contribution < -0.4 is 10.2 Å². The third-order valence-electron chi connectivity index (χ3n) is 3.49. The largest absolute Gasteiger partial charge is 0.346 e. The number of piperazine rings is 1. The number of nitrogens with one attached hydrogen (secondary N) is 2. The third-order valence-corrected chi connectivity index (χ3v) is 4.43. The van der Waals surface area contributed by atoms with Crippen molar-refractivity contribution >= 4 is 17.2 Å². The molecular weight excluding hydrogens is 270 g/mol. The molecule has 2 aromatic rings. The zero-order valence-corrected chi connectivity index (χ0v) is 12.3. The molecule has 1 aliphatic heterocycles. The van der Waals surface area contributed by atoms with Gasteiger partial charge in [-0.3, -0.25) is 4.79 Å². The van der Waals surface area contributed by atoms with Gasteiger partial charge in [-0.1, -0.05) is 29.8 Å². The Balaban J connectivity index is 1.70. The van der Waals surface area contributed by atoms with E-state index in [0.29, 0.717) is 6.54 Å². The summed E-state index contributed by atoms with van der Waals surface area (Å²) in [5.41, 5.74) is 3.50. The lowest BCUT2D eigenvalue weighted by Gasteiger charge is -2.22. The summed E-state index contributed by atoms with van der Waals surface area (Å²) in [5.74, 6) is 0.139. The van der Waals surface area contributed by atoms with Gasteiger partial charge in [0.25, 0.3) is 5.91 Å². The van der Waals surface area contributed by atoms with Crippen LogP contribution in [-0.2, 0) is 11.3 Å². The maximum atomic E-state index is 11.4. The molecule has 2 N–H and O–H groups in total. The van der Waals surface area contributed by atoms with Gasteiger partial charge in [0.2, 0.25) is 0 Å². The first-order chi connectivity index (χ1) is 9.70. The summed E-state index contributed by atoms with van der Waals surface area (Å²) in [6.45, 7) is 5.21. The zero-order valence-electron chi connectivity index (χ0n) is 11.5. The minimum Gasteiger partial charge on any atom is -0.346 e. The zero-order chi connectivity index (χ0) is 13.9. The Morgan fingerprint density at radius 2 is 2.15 bits per heavy atom. The van der Waals surface area contributed by atoms with E-state index in [4.69, 9.17) is 4.98 Å². The molecule has 1 aromatic carbocycles. The van der Waals surface area contributed by atoms with Crippen molar-refractivity contribution in [2.45, 2.75) is 13.5 Å². The van der Waals surface area contributed by atoms with E-state index in [9.17, 15) is 4.79 Å². The molecule has 5 heteroatoms. The first-order valence-corrected chi connectivity index (χ1v) is 7.70. The first-order valence-electron chi connectivity index (χ1n) is 6.82. The standard InChI is InChI=1S/C15H17N3OS/c1-11-2-4-12(5-3-11)15-17-13(10-20-15)8-18-7-6-16-14(19)9-18/h2-5,10H,6-9H2,1H3,(H,16,19)/p+1. The number of carbonyl (C=O) groups excluding carboxylic acids is 1. The molecule has 20 heavy (non-hydrogen) atoms. The number of thiazole rings is 1. The Labute approximate surface area is 122 Å². The Morgan fingerprint density at radius 3 is 2.90 bits per heavy atom. The van der Waals surface area contributed by atoms with E-state index in [0.717, 1.165) is 30.3 Å². The van der Waals surface area contributed by atoms with Crippen LogP contribution in [-0.4, -0.2) is 30.5 Å². The first kappa shape index (κ1) is 13.3. The second kappa shape index (κ2) is 5.73. The summed E-state index contributed by atoms with van der Waals surface area (Å²) in [5, 5.41) is 6.02.